The molecule has 0 amide bonds. The van der Waals surface area contributed by atoms with Crippen molar-refractivity contribution in [1.29, 1.82) is 0 Å². The van der Waals surface area contributed by atoms with Crippen molar-refractivity contribution in [2.24, 2.45) is 0 Å². The quantitative estimate of drug-likeness (QED) is 0.104. The maximum absolute atomic E-state index is 11.0. The molecule has 0 aliphatic rings. The summed E-state index contributed by atoms with van der Waals surface area (Å²) in [7, 11) is -2.70. The van der Waals surface area contributed by atoms with E-state index in [1.165, 1.54) is 96.8 Å². The molecule has 0 bridgehead atoms. The Morgan fingerprint density at radius 3 is 1.60 bits per heavy atom. The molecule has 0 radical (unpaired) electrons. The predicted molar refractivity (Wildman–Crippen MR) is 122 cm³/mol. The number of carbonyl (C=O) groups excluding carboxylic acids is 1. The van der Waals surface area contributed by atoms with Crippen LogP contribution in [0.15, 0.2) is 0 Å². The van der Waals surface area contributed by atoms with E-state index in [9.17, 15) is 9.36 Å². The second-order valence-corrected chi connectivity index (χ2v) is 8.88. The molecule has 0 saturated carbocycles. The molecule has 6 nitrogen and oxygen atoms in total. The van der Waals surface area contributed by atoms with Gasteiger partial charge in [0, 0.05) is 18.1 Å². The number of rotatable bonds is 23. The summed E-state index contributed by atoms with van der Waals surface area (Å²) in [5.41, 5.74) is 0. The van der Waals surface area contributed by atoms with Crippen molar-refractivity contribution in [3.05, 3.63) is 0 Å². The molecule has 0 heterocycles. The Balaban J connectivity index is 3.33. The summed E-state index contributed by atoms with van der Waals surface area (Å²) in [6.45, 7) is 4.21. The molecule has 2 unspecified atom stereocenters. The smallest absolute Gasteiger partial charge is 0.457 e. The number of ether oxygens (including phenoxy) is 2. The Labute approximate surface area is 185 Å². The first-order valence-electron chi connectivity index (χ1n) is 12.1. The highest BCUT2D eigenvalue weighted by Crippen LogP contribution is 2.16. The lowest BCUT2D eigenvalue weighted by Gasteiger charge is -2.14. The van der Waals surface area contributed by atoms with Crippen molar-refractivity contribution < 1.29 is 28.3 Å². The van der Waals surface area contributed by atoms with Crippen molar-refractivity contribution in [3.63, 3.8) is 0 Å². The fourth-order valence-corrected chi connectivity index (χ4v) is 3.76. The zero-order valence-electron chi connectivity index (χ0n) is 19.4. The van der Waals surface area contributed by atoms with Crippen molar-refractivity contribution >= 4 is 14.2 Å². The van der Waals surface area contributed by atoms with Gasteiger partial charge >= 0.3 is 14.2 Å². The maximum atomic E-state index is 11.0. The van der Waals surface area contributed by atoms with E-state index in [4.69, 9.17) is 14.4 Å². The third-order valence-electron chi connectivity index (χ3n) is 5.15. The molecule has 0 rings (SSSR count). The average Bonchev–Trinajstić information content (AvgIpc) is 2.70. The van der Waals surface area contributed by atoms with Crippen molar-refractivity contribution in [2.75, 3.05) is 19.8 Å². The molecule has 1 N–H and O–H groups in total. The zero-order chi connectivity index (χ0) is 22.3. The van der Waals surface area contributed by atoms with E-state index in [-0.39, 0.29) is 13.2 Å². The molecule has 30 heavy (non-hydrogen) atoms. The molecule has 0 aromatic rings. The number of unbranched alkanes of at least 4 members (excludes halogenated alkanes) is 15. The first-order chi connectivity index (χ1) is 14.6. The zero-order valence-corrected chi connectivity index (χ0v) is 20.3. The largest absolute Gasteiger partial charge is 0.694 e. The van der Waals surface area contributed by atoms with Crippen LogP contribution < -0.4 is 0 Å². The number of esters is 1. The fraction of sp³-hybridized carbons (Fsp3) is 0.957. The van der Waals surface area contributed by atoms with Crippen LogP contribution in [0.3, 0.4) is 0 Å². The Kier molecular flexibility index (Phi) is 22.7. The van der Waals surface area contributed by atoms with Crippen LogP contribution in [0, 0.1) is 0 Å². The van der Waals surface area contributed by atoms with E-state index < -0.39 is 20.3 Å². The van der Waals surface area contributed by atoms with Gasteiger partial charge in [0.2, 0.25) is 0 Å². The first-order valence-corrected chi connectivity index (χ1v) is 13.2. The molecular formula is C23H46O6P+. The summed E-state index contributed by atoms with van der Waals surface area (Å²) in [5, 5.41) is 0. The van der Waals surface area contributed by atoms with Gasteiger partial charge in [-0.25, -0.2) is 0 Å². The molecule has 0 fully saturated rings. The van der Waals surface area contributed by atoms with Gasteiger partial charge < -0.3 is 9.47 Å². The second-order valence-electron chi connectivity index (χ2n) is 8.14. The second kappa shape index (κ2) is 23.1. The van der Waals surface area contributed by atoms with E-state index in [1.54, 1.807) is 0 Å². The normalized spacial score (nSPS) is 12.7. The molecule has 0 aromatic carbocycles. The summed E-state index contributed by atoms with van der Waals surface area (Å²) in [6.07, 6.45) is 20.6. The molecule has 0 aliphatic heterocycles. The average molecular weight is 450 g/mol. The van der Waals surface area contributed by atoms with Gasteiger partial charge in [-0.05, 0) is 6.42 Å². The van der Waals surface area contributed by atoms with Crippen LogP contribution in [0.2, 0.25) is 0 Å². The summed E-state index contributed by atoms with van der Waals surface area (Å²) in [6, 6.07) is 0. The van der Waals surface area contributed by atoms with E-state index in [1.807, 2.05) is 0 Å². The monoisotopic (exact) mass is 449 g/mol. The van der Waals surface area contributed by atoms with Gasteiger partial charge in [0.1, 0.15) is 6.61 Å². The van der Waals surface area contributed by atoms with Gasteiger partial charge in [-0.3, -0.25) is 4.79 Å². The van der Waals surface area contributed by atoms with Crippen LogP contribution >= 0.6 is 8.25 Å². The van der Waals surface area contributed by atoms with Crippen LogP contribution in [-0.4, -0.2) is 36.8 Å². The van der Waals surface area contributed by atoms with Gasteiger partial charge in [0.05, 0.1) is 6.61 Å². The molecule has 0 aromatic heterocycles. The van der Waals surface area contributed by atoms with Gasteiger partial charge in [-0.1, -0.05) is 103 Å². The third kappa shape index (κ3) is 23.7. The Morgan fingerprint density at radius 2 is 1.20 bits per heavy atom. The summed E-state index contributed by atoms with van der Waals surface area (Å²) in [5.74, 6) is -0.456. The summed E-state index contributed by atoms with van der Waals surface area (Å²) in [4.78, 5) is 19.7. The fourth-order valence-electron chi connectivity index (χ4n) is 3.46. The molecule has 7 heteroatoms. The highest BCUT2D eigenvalue weighted by Gasteiger charge is 2.20. The highest BCUT2D eigenvalue weighted by molar-refractivity contribution is 7.32. The Bertz CT molecular complexity index is 405. The van der Waals surface area contributed by atoms with Gasteiger partial charge in [0.15, 0.2) is 6.10 Å². The molecule has 0 saturated heterocycles. The summed E-state index contributed by atoms with van der Waals surface area (Å²) < 4.78 is 25.7. The highest BCUT2D eigenvalue weighted by atomic mass is 31.1. The molecule has 0 spiro atoms. The standard InChI is InChI=1S/C23H45O6P/c1-3-4-5-6-7-8-9-10-11-12-13-14-15-16-17-18-19-27-20-23(29-22(2)24)21-28-30(25)26/h23H,3-21H2,1-2H3/p+1. The van der Waals surface area contributed by atoms with Crippen LogP contribution in [0.25, 0.3) is 0 Å². The predicted octanol–water partition coefficient (Wildman–Crippen LogP) is 6.86. The topological polar surface area (TPSA) is 82.1 Å². The van der Waals surface area contributed by atoms with Crippen LogP contribution in [0.4, 0.5) is 0 Å². The SMILES string of the molecule is CCCCCCCCCCCCCCCCCCOCC(CO[P+](=O)O)OC(C)=O. The lowest BCUT2D eigenvalue weighted by Crippen LogP contribution is -2.27. The molecule has 2 atom stereocenters. The van der Waals surface area contributed by atoms with Gasteiger partial charge in [-0.2, -0.15) is 0 Å². The lowest BCUT2D eigenvalue weighted by atomic mass is 10.0. The van der Waals surface area contributed by atoms with E-state index >= 15 is 0 Å². The van der Waals surface area contributed by atoms with Crippen LogP contribution in [0.5, 0.6) is 0 Å². The van der Waals surface area contributed by atoms with Crippen LogP contribution in [-0.2, 0) is 23.4 Å². The number of hydrogen-bond donors (Lipinski definition) is 1. The molecule has 178 valence electrons. The van der Waals surface area contributed by atoms with Crippen molar-refractivity contribution in [1.82, 2.24) is 0 Å². The number of hydrogen-bond acceptors (Lipinski definition) is 5. The Morgan fingerprint density at radius 1 is 0.767 bits per heavy atom. The van der Waals surface area contributed by atoms with Crippen LogP contribution in [0.1, 0.15) is 117 Å². The third-order valence-corrected chi connectivity index (χ3v) is 5.52. The minimum Gasteiger partial charge on any atom is -0.457 e. The summed E-state index contributed by atoms with van der Waals surface area (Å²) >= 11 is 0. The minimum atomic E-state index is -2.70. The van der Waals surface area contributed by atoms with Gasteiger partial charge in [0.25, 0.3) is 0 Å². The Hall–Kier alpha value is -0.550. The van der Waals surface area contributed by atoms with E-state index in [0.717, 1.165) is 12.8 Å². The van der Waals surface area contributed by atoms with E-state index in [0.29, 0.717) is 6.61 Å². The maximum Gasteiger partial charge on any atom is 0.694 e. The lowest BCUT2D eigenvalue weighted by molar-refractivity contribution is -0.151. The minimum absolute atomic E-state index is 0.135. The van der Waals surface area contributed by atoms with Crippen molar-refractivity contribution in [3.8, 4) is 0 Å². The van der Waals surface area contributed by atoms with Crippen molar-refractivity contribution in [2.45, 2.75) is 123 Å². The van der Waals surface area contributed by atoms with Gasteiger partial charge in [-0.15, -0.1) is 9.42 Å². The first kappa shape index (κ1) is 29.5. The molecular weight excluding hydrogens is 403 g/mol. The van der Waals surface area contributed by atoms with E-state index in [2.05, 4.69) is 11.4 Å². The molecule has 0 aliphatic carbocycles. The number of carbonyl (C=O) groups is 1.